The largest absolute Gasteiger partial charge is 0.381 e. The van der Waals surface area contributed by atoms with E-state index in [-0.39, 0.29) is 0 Å². The molecule has 2 fully saturated rings. The van der Waals surface area contributed by atoms with Crippen LogP contribution in [0.1, 0.15) is 64.7 Å². The molecule has 112 valence electrons. The highest BCUT2D eigenvalue weighted by molar-refractivity contribution is 4.80. The standard InChI is InChI=1S/C17H32O2/c1-13-9-15(12-17(10-13)19-3)8-7-14-5-4-6-16(11-14)18-2/h13-17H,4-12H2,1-3H3/t13-,14+,15?,16+,17+/m0/s1. The Hall–Kier alpha value is -0.0800. The number of hydrogen-bond donors (Lipinski definition) is 0. The summed E-state index contributed by atoms with van der Waals surface area (Å²) in [6.07, 6.45) is 13.2. The van der Waals surface area contributed by atoms with E-state index in [1.807, 2.05) is 14.2 Å². The van der Waals surface area contributed by atoms with Crippen molar-refractivity contribution in [3.8, 4) is 0 Å². The van der Waals surface area contributed by atoms with Gasteiger partial charge in [-0.1, -0.05) is 32.6 Å². The van der Waals surface area contributed by atoms with Gasteiger partial charge in [-0.3, -0.25) is 0 Å². The molecule has 2 saturated carbocycles. The Kier molecular flexibility index (Phi) is 6.15. The minimum absolute atomic E-state index is 0.520. The second-order valence-corrected chi connectivity index (χ2v) is 7.00. The van der Waals surface area contributed by atoms with Gasteiger partial charge >= 0.3 is 0 Å². The maximum Gasteiger partial charge on any atom is 0.0576 e. The third-order valence-electron chi connectivity index (χ3n) is 5.38. The maximum atomic E-state index is 5.60. The quantitative estimate of drug-likeness (QED) is 0.734. The second kappa shape index (κ2) is 7.64. The molecular formula is C17H32O2. The van der Waals surface area contributed by atoms with Gasteiger partial charge in [0.25, 0.3) is 0 Å². The van der Waals surface area contributed by atoms with Crippen molar-refractivity contribution in [3.05, 3.63) is 0 Å². The summed E-state index contributed by atoms with van der Waals surface area (Å²) >= 11 is 0. The lowest BCUT2D eigenvalue weighted by Gasteiger charge is -2.34. The van der Waals surface area contributed by atoms with Gasteiger partial charge in [0.2, 0.25) is 0 Å². The van der Waals surface area contributed by atoms with Crippen LogP contribution in [-0.4, -0.2) is 26.4 Å². The molecule has 5 atom stereocenters. The van der Waals surface area contributed by atoms with Crippen LogP contribution in [0.25, 0.3) is 0 Å². The lowest BCUT2D eigenvalue weighted by molar-refractivity contribution is 0.0237. The van der Waals surface area contributed by atoms with Gasteiger partial charge in [-0.05, 0) is 49.9 Å². The van der Waals surface area contributed by atoms with E-state index >= 15 is 0 Å². The molecule has 0 amide bonds. The summed E-state index contributed by atoms with van der Waals surface area (Å²) in [7, 11) is 3.75. The molecule has 1 unspecified atom stereocenters. The summed E-state index contributed by atoms with van der Waals surface area (Å²) in [5.41, 5.74) is 0. The van der Waals surface area contributed by atoms with Crippen molar-refractivity contribution in [2.75, 3.05) is 14.2 Å². The zero-order chi connectivity index (χ0) is 13.7. The van der Waals surface area contributed by atoms with Crippen LogP contribution in [0.5, 0.6) is 0 Å². The van der Waals surface area contributed by atoms with Gasteiger partial charge in [0, 0.05) is 14.2 Å². The van der Waals surface area contributed by atoms with E-state index in [4.69, 9.17) is 9.47 Å². The average Bonchev–Trinajstić information content (AvgIpc) is 2.44. The first kappa shape index (κ1) is 15.3. The van der Waals surface area contributed by atoms with Crippen molar-refractivity contribution in [3.63, 3.8) is 0 Å². The number of rotatable bonds is 5. The Bertz CT molecular complexity index is 254. The molecule has 0 N–H and O–H groups in total. The van der Waals surface area contributed by atoms with Gasteiger partial charge in [0.15, 0.2) is 0 Å². The third kappa shape index (κ3) is 4.75. The van der Waals surface area contributed by atoms with E-state index in [2.05, 4.69) is 6.92 Å². The lowest BCUT2D eigenvalue weighted by atomic mass is 9.76. The first-order valence-corrected chi connectivity index (χ1v) is 8.26. The van der Waals surface area contributed by atoms with Crippen molar-refractivity contribution in [2.24, 2.45) is 17.8 Å². The summed E-state index contributed by atoms with van der Waals surface area (Å²) in [5.74, 6) is 2.66. The molecule has 2 rings (SSSR count). The first-order chi connectivity index (χ1) is 9.21. The summed E-state index contributed by atoms with van der Waals surface area (Å²) in [6, 6.07) is 0. The van der Waals surface area contributed by atoms with Crippen molar-refractivity contribution in [2.45, 2.75) is 76.9 Å². The molecule has 2 aliphatic carbocycles. The molecule has 0 aromatic heterocycles. The molecule has 0 aromatic rings. The summed E-state index contributed by atoms with van der Waals surface area (Å²) in [4.78, 5) is 0. The van der Waals surface area contributed by atoms with Crippen molar-refractivity contribution >= 4 is 0 Å². The molecule has 2 nitrogen and oxygen atoms in total. The maximum absolute atomic E-state index is 5.60. The summed E-state index contributed by atoms with van der Waals surface area (Å²) in [5, 5.41) is 0. The molecule has 0 radical (unpaired) electrons. The lowest BCUT2D eigenvalue weighted by Crippen LogP contribution is -2.27. The molecular weight excluding hydrogens is 236 g/mol. The van der Waals surface area contributed by atoms with Crippen LogP contribution in [0.15, 0.2) is 0 Å². The van der Waals surface area contributed by atoms with E-state index in [9.17, 15) is 0 Å². The Morgan fingerprint density at radius 3 is 2.21 bits per heavy atom. The molecule has 0 bridgehead atoms. The van der Waals surface area contributed by atoms with Crippen molar-refractivity contribution < 1.29 is 9.47 Å². The van der Waals surface area contributed by atoms with Gasteiger partial charge in [-0.25, -0.2) is 0 Å². The molecule has 0 spiro atoms. The predicted octanol–water partition coefficient (Wildman–Crippen LogP) is 4.42. The zero-order valence-corrected chi connectivity index (χ0v) is 13.1. The van der Waals surface area contributed by atoms with Gasteiger partial charge < -0.3 is 9.47 Å². The number of hydrogen-bond acceptors (Lipinski definition) is 2. The van der Waals surface area contributed by atoms with Crippen LogP contribution >= 0.6 is 0 Å². The molecule has 0 aliphatic heterocycles. The SMILES string of the molecule is CO[C@@H]1CCC[C@H](CCC2C[C@H](C)C[C@@H](OC)C2)C1. The van der Waals surface area contributed by atoms with Crippen molar-refractivity contribution in [1.82, 2.24) is 0 Å². The fraction of sp³-hybridized carbons (Fsp3) is 1.00. The van der Waals surface area contributed by atoms with Crippen LogP contribution in [0.4, 0.5) is 0 Å². The van der Waals surface area contributed by atoms with E-state index in [0.717, 1.165) is 17.8 Å². The molecule has 0 saturated heterocycles. The second-order valence-electron chi connectivity index (χ2n) is 7.00. The number of methoxy groups -OCH3 is 2. The fourth-order valence-electron chi connectivity index (χ4n) is 4.30. The molecule has 2 heteroatoms. The minimum atomic E-state index is 0.520. The van der Waals surface area contributed by atoms with Crippen LogP contribution in [0, 0.1) is 17.8 Å². The average molecular weight is 268 g/mol. The van der Waals surface area contributed by atoms with Gasteiger partial charge in [0.05, 0.1) is 12.2 Å². The van der Waals surface area contributed by atoms with Gasteiger partial charge in [-0.15, -0.1) is 0 Å². The summed E-state index contributed by atoms with van der Waals surface area (Å²) < 4.78 is 11.1. The van der Waals surface area contributed by atoms with Crippen LogP contribution < -0.4 is 0 Å². The normalized spacial score (nSPS) is 40.3. The van der Waals surface area contributed by atoms with Crippen molar-refractivity contribution in [1.29, 1.82) is 0 Å². The third-order valence-corrected chi connectivity index (χ3v) is 5.38. The Morgan fingerprint density at radius 2 is 1.47 bits per heavy atom. The Labute approximate surface area is 119 Å². The molecule has 0 heterocycles. The van der Waals surface area contributed by atoms with Gasteiger partial charge in [0.1, 0.15) is 0 Å². The highest BCUT2D eigenvalue weighted by atomic mass is 16.5. The smallest absolute Gasteiger partial charge is 0.0576 e. The highest BCUT2D eigenvalue weighted by Crippen LogP contribution is 2.36. The highest BCUT2D eigenvalue weighted by Gasteiger charge is 2.28. The number of ether oxygens (including phenoxy) is 2. The van der Waals surface area contributed by atoms with E-state index in [1.54, 1.807) is 0 Å². The minimum Gasteiger partial charge on any atom is -0.381 e. The zero-order valence-electron chi connectivity index (χ0n) is 13.1. The topological polar surface area (TPSA) is 18.5 Å². The fourth-order valence-corrected chi connectivity index (χ4v) is 4.30. The van der Waals surface area contributed by atoms with Crippen LogP contribution in [-0.2, 0) is 9.47 Å². The van der Waals surface area contributed by atoms with Crippen LogP contribution in [0.3, 0.4) is 0 Å². The monoisotopic (exact) mass is 268 g/mol. The Morgan fingerprint density at radius 1 is 0.789 bits per heavy atom. The van der Waals surface area contributed by atoms with E-state index < -0.39 is 0 Å². The summed E-state index contributed by atoms with van der Waals surface area (Å²) in [6.45, 7) is 2.39. The Balaban J connectivity index is 1.72. The van der Waals surface area contributed by atoms with E-state index in [0.29, 0.717) is 12.2 Å². The first-order valence-electron chi connectivity index (χ1n) is 8.26. The predicted molar refractivity (Wildman–Crippen MR) is 79.3 cm³/mol. The van der Waals surface area contributed by atoms with E-state index in [1.165, 1.54) is 57.8 Å². The van der Waals surface area contributed by atoms with Crippen LogP contribution in [0.2, 0.25) is 0 Å². The molecule has 19 heavy (non-hydrogen) atoms. The molecule has 0 aromatic carbocycles. The molecule has 2 aliphatic rings. The van der Waals surface area contributed by atoms with Gasteiger partial charge in [-0.2, -0.15) is 0 Å².